The van der Waals surface area contributed by atoms with Gasteiger partial charge in [0, 0.05) is 6.61 Å². The van der Waals surface area contributed by atoms with Gasteiger partial charge in [-0.1, -0.05) is 47.6 Å². The summed E-state index contributed by atoms with van der Waals surface area (Å²) in [6.07, 6.45) is 4.30. The summed E-state index contributed by atoms with van der Waals surface area (Å²) in [4.78, 5) is 0. The molecule has 0 aliphatic rings. The van der Waals surface area contributed by atoms with Crippen LogP contribution in [-0.2, 0) is 9.47 Å². The Bertz CT molecular complexity index is 157. The molecule has 0 N–H and O–H groups in total. The Labute approximate surface area is 101 Å². The second kappa shape index (κ2) is 9.93. The van der Waals surface area contributed by atoms with Crippen LogP contribution in [0.25, 0.3) is 0 Å². The maximum atomic E-state index is 5.59. The number of hydrogen-bond donors (Lipinski definition) is 0. The quantitative estimate of drug-likeness (QED) is 0.224. The molecule has 0 heterocycles. The van der Waals surface area contributed by atoms with Gasteiger partial charge in [-0.05, 0) is 20.3 Å². The minimum absolute atomic E-state index is 0.0444. The summed E-state index contributed by atoms with van der Waals surface area (Å²) in [5.41, 5.74) is 1.25. The molecule has 0 amide bonds. The number of unbranched alkanes of at least 4 members (excludes halogenated alkanes) is 1. The first-order valence-electron chi connectivity index (χ1n) is 5.15. The summed E-state index contributed by atoms with van der Waals surface area (Å²) in [6, 6.07) is 0. The molecule has 0 aliphatic heterocycles. The van der Waals surface area contributed by atoms with Crippen LogP contribution in [0, 0.1) is 0 Å². The third kappa shape index (κ3) is 7.76. The van der Waals surface area contributed by atoms with Gasteiger partial charge < -0.3 is 9.47 Å². The summed E-state index contributed by atoms with van der Waals surface area (Å²) >= 11 is 2.29. The highest BCUT2D eigenvalue weighted by Gasteiger charge is 2.06. The van der Waals surface area contributed by atoms with Gasteiger partial charge in [0.15, 0.2) is 6.29 Å². The Morgan fingerprint density at radius 1 is 1.43 bits per heavy atom. The normalized spacial score (nSPS) is 14.4. The van der Waals surface area contributed by atoms with Crippen LogP contribution in [0.1, 0.15) is 33.6 Å². The second-order valence-corrected chi connectivity index (χ2v) is 4.14. The van der Waals surface area contributed by atoms with Gasteiger partial charge in [0.25, 0.3) is 0 Å². The molecule has 0 fully saturated rings. The topological polar surface area (TPSA) is 18.5 Å². The van der Waals surface area contributed by atoms with Crippen LogP contribution in [0.2, 0.25) is 0 Å². The smallest absolute Gasteiger partial charge is 0.166 e. The van der Waals surface area contributed by atoms with E-state index >= 15 is 0 Å². The SMILES string of the molecule is C/C=C(\C)COC(CI)OCCCC. The Morgan fingerprint density at radius 3 is 2.64 bits per heavy atom. The predicted molar refractivity (Wildman–Crippen MR) is 68.9 cm³/mol. The summed E-state index contributed by atoms with van der Waals surface area (Å²) in [6.45, 7) is 7.73. The minimum atomic E-state index is -0.0444. The lowest BCUT2D eigenvalue weighted by Crippen LogP contribution is -2.20. The van der Waals surface area contributed by atoms with Gasteiger partial charge in [0.05, 0.1) is 11.0 Å². The fourth-order valence-electron chi connectivity index (χ4n) is 0.804. The van der Waals surface area contributed by atoms with Crippen LogP contribution < -0.4 is 0 Å². The number of hydrogen-bond acceptors (Lipinski definition) is 2. The van der Waals surface area contributed by atoms with Crippen molar-refractivity contribution in [1.29, 1.82) is 0 Å². The van der Waals surface area contributed by atoms with Crippen molar-refractivity contribution >= 4 is 22.6 Å². The zero-order valence-corrected chi connectivity index (χ0v) is 11.5. The summed E-state index contributed by atoms with van der Waals surface area (Å²) in [5.74, 6) is 0. The van der Waals surface area contributed by atoms with Crippen molar-refractivity contribution in [3.05, 3.63) is 11.6 Å². The van der Waals surface area contributed by atoms with E-state index in [1.807, 2.05) is 6.92 Å². The van der Waals surface area contributed by atoms with Crippen molar-refractivity contribution < 1.29 is 9.47 Å². The Hall–Kier alpha value is 0.390. The molecular weight excluding hydrogens is 291 g/mol. The van der Waals surface area contributed by atoms with Gasteiger partial charge in [-0.25, -0.2) is 0 Å². The zero-order chi connectivity index (χ0) is 10.8. The number of ether oxygens (including phenoxy) is 2. The van der Waals surface area contributed by atoms with Crippen molar-refractivity contribution in [2.24, 2.45) is 0 Å². The van der Waals surface area contributed by atoms with Crippen molar-refractivity contribution in [2.45, 2.75) is 39.9 Å². The van der Waals surface area contributed by atoms with Gasteiger partial charge in [0.1, 0.15) is 0 Å². The average Bonchev–Trinajstić information content (AvgIpc) is 2.22. The first-order chi connectivity index (χ1) is 6.74. The first-order valence-corrected chi connectivity index (χ1v) is 6.68. The Morgan fingerprint density at radius 2 is 2.14 bits per heavy atom. The van der Waals surface area contributed by atoms with E-state index in [-0.39, 0.29) is 6.29 Å². The summed E-state index contributed by atoms with van der Waals surface area (Å²) in [7, 11) is 0. The molecule has 0 aromatic carbocycles. The minimum Gasteiger partial charge on any atom is -0.352 e. The highest BCUT2D eigenvalue weighted by molar-refractivity contribution is 14.1. The van der Waals surface area contributed by atoms with Gasteiger partial charge >= 0.3 is 0 Å². The predicted octanol–water partition coefficient (Wildman–Crippen LogP) is 3.55. The van der Waals surface area contributed by atoms with Gasteiger partial charge in [-0.3, -0.25) is 0 Å². The highest BCUT2D eigenvalue weighted by atomic mass is 127. The molecule has 0 rings (SSSR count). The van der Waals surface area contributed by atoms with Gasteiger partial charge in [-0.2, -0.15) is 0 Å². The molecule has 0 bridgehead atoms. The molecule has 3 heteroatoms. The maximum Gasteiger partial charge on any atom is 0.166 e. The van der Waals surface area contributed by atoms with E-state index in [1.54, 1.807) is 0 Å². The van der Waals surface area contributed by atoms with Crippen molar-refractivity contribution in [2.75, 3.05) is 17.6 Å². The van der Waals surface area contributed by atoms with E-state index in [9.17, 15) is 0 Å². The highest BCUT2D eigenvalue weighted by Crippen LogP contribution is 2.04. The van der Waals surface area contributed by atoms with E-state index in [4.69, 9.17) is 9.47 Å². The third-order valence-corrected chi connectivity index (χ3v) is 2.64. The molecule has 14 heavy (non-hydrogen) atoms. The number of rotatable bonds is 8. The lowest BCUT2D eigenvalue weighted by Gasteiger charge is -2.16. The zero-order valence-electron chi connectivity index (χ0n) is 9.38. The molecule has 0 aromatic heterocycles. The van der Waals surface area contributed by atoms with Gasteiger partial charge in [-0.15, -0.1) is 0 Å². The standard InChI is InChI=1S/C11H21IO2/c1-4-6-7-13-11(8-12)14-9-10(3)5-2/h5,11H,4,6-9H2,1-3H3/b10-5+. The van der Waals surface area contributed by atoms with Crippen LogP contribution in [-0.4, -0.2) is 23.9 Å². The molecule has 2 nitrogen and oxygen atoms in total. The fourth-order valence-corrected chi connectivity index (χ4v) is 1.31. The molecule has 0 aliphatic carbocycles. The van der Waals surface area contributed by atoms with Gasteiger partial charge in [0.2, 0.25) is 0 Å². The molecule has 1 unspecified atom stereocenters. The lowest BCUT2D eigenvalue weighted by atomic mass is 10.3. The molecule has 0 spiro atoms. The molecule has 0 aromatic rings. The number of allylic oxidation sites excluding steroid dienone is 1. The number of alkyl halides is 1. The monoisotopic (exact) mass is 312 g/mol. The average molecular weight is 312 g/mol. The molecule has 0 radical (unpaired) electrons. The Kier molecular flexibility index (Phi) is 10.2. The van der Waals surface area contributed by atoms with E-state index in [2.05, 4.69) is 42.5 Å². The summed E-state index contributed by atoms with van der Waals surface area (Å²) in [5, 5.41) is 0. The molecule has 1 atom stereocenters. The van der Waals surface area contributed by atoms with Crippen molar-refractivity contribution in [1.82, 2.24) is 0 Å². The largest absolute Gasteiger partial charge is 0.352 e. The van der Waals surface area contributed by atoms with E-state index < -0.39 is 0 Å². The van der Waals surface area contributed by atoms with Crippen LogP contribution in [0.5, 0.6) is 0 Å². The molecular formula is C11H21IO2. The first kappa shape index (κ1) is 14.4. The Balaban J connectivity index is 3.57. The van der Waals surface area contributed by atoms with E-state index in [0.29, 0.717) is 6.61 Å². The van der Waals surface area contributed by atoms with Crippen LogP contribution in [0.15, 0.2) is 11.6 Å². The summed E-state index contributed by atoms with van der Waals surface area (Å²) < 4.78 is 12.0. The molecule has 0 saturated heterocycles. The second-order valence-electron chi connectivity index (χ2n) is 3.25. The van der Waals surface area contributed by atoms with E-state index in [0.717, 1.165) is 17.5 Å². The van der Waals surface area contributed by atoms with Crippen LogP contribution in [0.4, 0.5) is 0 Å². The van der Waals surface area contributed by atoms with Crippen LogP contribution in [0.3, 0.4) is 0 Å². The van der Waals surface area contributed by atoms with Crippen molar-refractivity contribution in [3.8, 4) is 0 Å². The molecule has 0 saturated carbocycles. The number of halogens is 1. The van der Waals surface area contributed by atoms with E-state index in [1.165, 1.54) is 12.0 Å². The lowest BCUT2D eigenvalue weighted by molar-refractivity contribution is -0.119. The molecule has 84 valence electrons. The fraction of sp³-hybridized carbons (Fsp3) is 0.818. The van der Waals surface area contributed by atoms with Crippen LogP contribution >= 0.6 is 22.6 Å². The maximum absolute atomic E-state index is 5.59. The van der Waals surface area contributed by atoms with Crippen molar-refractivity contribution in [3.63, 3.8) is 0 Å². The third-order valence-electron chi connectivity index (χ3n) is 1.92.